The highest BCUT2D eigenvalue weighted by Gasteiger charge is 2.44. The summed E-state index contributed by atoms with van der Waals surface area (Å²) in [4.78, 5) is 0. The van der Waals surface area contributed by atoms with Gasteiger partial charge in [0.25, 0.3) is 0 Å². The zero-order chi connectivity index (χ0) is 11.7. The summed E-state index contributed by atoms with van der Waals surface area (Å²) in [6, 6.07) is 0. The standard InChI is InChI=1S/C14H24O3/c15-13-9-10-7-11(8-10)12(13)4-6-17-14-3-1-2-5-16-14/h10-15H,1-9H2/t10?,11?,12-,13?,14?/m0/s1. The zero-order valence-corrected chi connectivity index (χ0v) is 10.5. The summed E-state index contributed by atoms with van der Waals surface area (Å²) in [6.07, 6.45) is 8.13. The topological polar surface area (TPSA) is 38.7 Å². The van der Waals surface area contributed by atoms with E-state index in [1.165, 1.54) is 25.7 Å². The molecule has 4 rings (SSSR count). The van der Waals surface area contributed by atoms with Gasteiger partial charge in [-0.3, -0.25) is 0 Å². The van der Waals surface area contributed by atoms with Crippen LogP contribution in [-0.2, 0) is 9.47 Å². The fourth-order valence-electron chi connectivity index (χ4n) is 3.77. The fraction of sp³-hybridized carbons (Fsp3) is 1.00. The maximum Gasteiger partial charge on any atom is 0.157 e. The van der Waals surface area contributed by atoms with Crippen molar-refractivity contribution in [1.29, 1.82) is 0 Å². The molecular formula is C14H24O3. The van der Waals surface area contributed by atoms with E-state index in [0.29, 0.717) is 5.92 Å². The number of hydrogen-bond donors (Lipinski definition) is 1. The first kappa shape index (κ1) is 11.9. The van der Waals surface area contributed by atoms with Crippen LogP contribution in [0.3, 0.4) is 0 Å². The van der Waals surface area contributed by atoms with Crippen LogP contribution in [0, 0.1) is 17.8 Å². The summed E-state index contributed by atoms with van der Waals surface area (Å²) in [5.41, 5.74) is 0. The van der Waals surface area contributed by atoms with Gasteiger partial charge in [-0.05, 0) is 62.7 Å². The van der Waals surface area contributed by atoms with Gasteiger partial charge in [-0.2, -0.15) is 0 Å². The Morgan fingerprint density at radius 2 is 2.06 bits per heavy atom. The predicted octanol–water partition coefficient (Wildman–Crippen LogP) is 2.33. The van der Waals surface area contributed by atoms with Gasteiger partial charge in [0.15, 0.2) is 6.29 Å². The molecule has 0 amide bonds. The summed E-state index contributed by atoms with van der Waals surface area (Å²) >= 11 is 0. The molecular weight excluding hydrogens is 216 g/mol. The first-order valence-corrected chi connectivity index (χ1v) is 7.24. The molecule has 0 radical (unpaired) electrons. The fourth-order valence-corrected chi connectivity index (χ4v) is 3.77. The third-order valence-corrected chi connectivity index (χ3v) is 4.84. The highest BCUT2D eigenvalue weighted by atomic mass is 16.7. The van der Waals surface area contributed by atoms with Crippen LogP contribution in [0.4, 0.5) is 0 Å². The molecule has 0 aromatic rings. The smallest absolute Gasteiger partial charge is 0.157 e. The van der Waals surface area contributed by atoms with Crippen LogP contribution < -0.4 is 0 Å². The van der Waals surface area contributed by atoms with E-state index in [-0.39, 0.29) is 12.4 Å². The maximum atomic E-state index is 10.0. The summed E-state index contributed by atoms with van der Waals surface area (Å²) in [7, 11) is 0. The van der Waals surface area contributed by atoms with Crippen LogP contribution in [0.1, 0.15) is 44.9 Å². The molecule has 4 aliphatic rings. The molecule has 0 aromatic carbocycles. The lowest BCUT2D eigenvalue weighted by molar-refractivity contribution is -0.170. The van der Waals surface area contributed by atoms with Crippen LogP contribution in [0.2, 0.25) is 0 Å². The van der Waals surface area contributed by atoms with Crippen molar-refractivity contribution in [3.63, 3.8) is 0 Å². The minimum atomic E-state index is -0.0663. The van der Waals surface area contributed by atoms with E-state index in [2.05, 4.69) is 0 Å². The second kappa shape index (κ2) is 5.25. The van der Waals surface area contributed by atoms with Crippen molar-refractivity contribution in [3.05, 3.63) is 0 Å². The van der Waals surface area contributed by atoms with Gasteiger partial charge in [0.2, 0.25) is 0 Å². The second-order valence-electron chi connectivity index (χ2n) is 6.02. The molecule has 3 saturated carbocycles. The molecule has 2 bridgehead atoms. The van der Waals surface area contributed by atoms with Crippen molar-refractivity contribution in [2.75, 3.05) is 13.2 Å². The minimum absolute atomic E-state index is 0.0265. The predicted molar refractivity (Wildman–Crippen MR) is 64.5 cm³/mol. The van der Waals surface area contributed by atoms with E-state index in [9.17, 15) is 5.11 Å². The van der Waals surface area contributed by atoms with Crippen molar-refractivity contribution >= 4 is 0 Å². The molecule has 0 spiro atoms. The van der Waals surface area contributed by atoms with E-state index >= 15 is 0 Å². The van der Waals surface area contributed by atoms with Gasteiger partial charge in [0.1, 0.15) is 0 Å². The Morgan fingerprint density at radius 3 is 2.76 bits per heavy atom. The molecule has 98 valence electrons. The Morgan fingerprint density at radius 1 is 1.18 bits per heavy atom. The van der Waals surface area contributed by atoms with Crippen LogP contribution >= 0.6 is 0 Å². The molecule has 2 unspecified atom stereocenters. The van der Waals surface area contributed by atoms with E-state index in [4.69, 9.17) is 9.47 Å². The number of aliphatic hydroxyl groups excluding tert-OH is 1. The minimum Gasteiger partial charge on any atom is -0.393 e. The van der Waals surface area contributed by atoms with Crippen molar-refractivity contribution in [2.24, 2.45) is 17.8 Å². The highest BCUT2D eigenvalue weighted by molar-refractivity contribution is 4.94. The average molecular weight is 240 g/mol. The normalized spacial score (nSPS) is 45.4. The summed E-state index contributed by atoms with van der Waals surface area (Å²) < 4.78 is 11.3. The first-order chi connectivity index (χ1) is 8.33. The van der Waals surface area contributed by atoms with E-state index < -0.39 is 0 Å². The Balaban J connectivity index is 1.38. The van der Waals surface area contributed by atoms with E-state index in [0.717, 1.165) is 44.3 Å². The van der Waals surface area contributed by atoms with Gasteiger partial charge in [0, 0.05) is 6.61 Å². The van der Waals surface area contributed by atoms with Crippen LogP contribution in [-0.4, -0.2) is 30.7 Å². The van der Waals surface area contributed by atoms with Crippen molar-refractivity contribution < 1.29 is 14.6 Å². The molecule has 1 saturated heterocycles. The number of fused-ring (bicyclic) bond motifs is 2. The molecule has 1 N–H and O–H groups in total. The van der Waals surface area contributed by atoms with Gasteiger partial charge in [-0.25, -0.2) is 0 Å². The largest absolute Gasteiger partial charge is 0.393 e. The molecule has 17 heavy (non-hydrogen) atoms. The Labute approximate surface area is 103 Å². The molecule has 3 heteroatoms. The Bertz CT molecular complexity index is 242. The molecule has 3 aliphatic carbocycles. The molecule has 1 aliphatic heterocycles. The second-order valence-corrected chi connectivity index (χ2v) is 6.02. The SMILES string of the molecule is OC1CC2CC(C2)[C@@H]1CCOC1CCCCO1. The number of hydrogen-bond acceptors (Lipinski definition) is 3. The summed E-state index contributed by atoms with van der Waals surface area (Å²) in [5, 5.41) is 10.0. The van der Waals surface area contributed by atoms with Crippen LogP contribution in [0.25, 0.3) is 0 Å². The van der Waals surface area contributed by atoms with Gasteiger partial charge < -0.3 is 14.6 Å². The highest BCUT2D eigenvalue weighted by Crippen LogP contribution is 2.50. The van der Waals surface area contributed by atoms with E-state index in [1.54, 1.807) is 0 Å². The number of aliphatic hydroxyl groups is 1. The third-order valence-electron chi connectivity index (χ3n) is 4.84. The van der Waals surface area contributed by atoms with Gasteiger partial charge in [-0.1, -0.05) is 0 Å². The lowest BCUT2D eigenvalue weighted by Gasteiger charge is -2.49. The maximum absolute atomic E-state index is 10.0. The Kier molecular flexibility index (Phi) is 3.69. The Hall–Kier alpha value is -0.120. The average Bonchev–Trinajstić information content (AvgIpc) is 2.31. The third kappa shape index (κ3) is 2.67. The lowest BCUT2D eigenvalue weighted by Crippen LogP contribution is -2.45. The molecule has 0 aromatic heterocycles. The monoisotopic (exact) mass is 240 g/mol. The lowest BCUT2D eigenvalue weighted by atomic mass is 9.58. The molecule has 3 nitrogen and oxygen atoms in total. The van der Waals surface area contributed by atoms with Crippen molar-refractivity contribution in [2.45, 2.75) is 57.3 Å². The van der Waals surface area contributed by atoms with Gasteiger partial charge in [0.05, 0.1) is 12.7 Å². The van der Waals surface area contributed by atoms with Gasteiger partial charge in [-0.15, -0.1) is 0 Å². The quantitative estimate of drug-likeness (QED) is 0.819. The molecule has 4 fully saturated rings. The van der Waals surface area contributed by atoms with Crippen molar-refractivity contribution in [1.82, 2.24) is 0 Å². The van der Waals surface area contributed by atoms with Crippen LogP contribution in [0.15, 0.2) is 0 Å². The zero-order valence-electron chi connectivity index (χ0n) is 10.5. The number of rotatable bonds is 4. The number of ether oxygens (including phenoxy) is 2. The summed E-state index contributed by atoms with van der Waals surface area (Å²) in [5.74, 6) is 2.09. The molecule has 3 atom stereocenters. The van der Waals surface area contributed by atoms with Crippen LogP contribution in [0.5, 0.6) is 0 Å². The van der Waals surface area contributed by atoms with E-state index in [1.807, 2.05) is 0 Å². The summed E-state index contributed by atoms with van der Waals surface area (Å²) in [6.45, 7) is 1.61. The first-order valence-electron chi connectivity index (χ1n) is 7.24. The van der Waals surface area contributed by atoms with Gasteiger partial charge >= 0.3 is 0 Å². The molecule has 1 heterocycles. The van der Waals surface area contributed by atoms with Crippen molar-refractivity contribution in [3.8, 4) is 0 Å².